The van der Waals surface area contributed by atoms with E-state index in [1.54, 1.807) is 20.5 Å². The first kappa shape index (κ1) is 15.7. The molecule has 0 unspecified atom stereocenters. The summed E-state index contributed by atoms with van der Waals surface area (Å²) < 4.78 is 15.9. The zero-order chi connectivity index (χ0) is 15.6. The number of benzene rings is 2. The molecule has 3 nitrogen and oxygen atoms in total. The zero-order valence-electron chi connectivity index (χ0n) is 12.9. The molecular formula is C19H20O3. The van der Waals surface area contributed by atoms with Crippen molar-refractivity contribution in [3.05, 3.63) is 78.1 Å². The van der Waals surface area contributed by atoms with Crippen LogP contribution in [0.4, 0.5) is 0 Å². The molecule has 0 aromatic heterocycles. The average Bonchev–Trinajstić information content (AvgIpc) is 2.58. The Morgan fingerprint density at radius 3 is 2.18 bits per heavy atom. The molecule has 0 heterocycles. The fourth-order valence-corrected chi connectivity index (χ4v) is 1.91. The highest BCUT2D eigenvalue weighted by Crippen LogP contribution is 2.23. The standard InChI is InChI=1S/C19H20O3/c1-20-18-12-17(13-19(14-18)21-2)10-6-7-11-22-15-16-8-4-3-5-9-16/h3-14H,15H2,1-2H3. The fourth-order valence-electron chi connectivity index (χ4n) is 1.91. The van der Waals surface area contributed by atoms with Crippen LogP contribution in [-0.4, -0.2) is 14.2 Å². The van der Waals surface area contributed by atoms with Gasteiger partial charge in [0.05, 0.1) is 20.5 Å². The molecule has 3 heteroatoms. The van der Waals surface area contributed by atoms with E-state index in [0.29, 0.717) is 6.61 Å². The van der Waals surface area contributed by atoms with E-state index in [1.165, 1.54) is 0 Å². The molecule has 0 atom stereocenters. The van der Waals surface area contributed by atoms with E-state index in [4.69, 9.17) is 14.2 Å². The molecule has 0 fully saturated rings. The Morgan fingerprint density at radius 2 is 1.55 bits per heavy atom. The summed E-state index contributed by atoms with van der Waals surface area (Å²) in [7, 11) is 3.28. The number of hydrogen-bond donors (Lipinski definition) is 0. The quantitative estimate of drug-likeness (QED) is 0.558. The van der Waals surface area contributed by atoms with E-state index in [-0.39, 0.29) is 0 Å². The lowest BCUT2D eigenvalue weighted by Gasteiger charge is -2.05. The molecule has 2 rings (SSSR count). The maximum absolute atomic E-state index is 5.47. The molecule has 0 spiro atoms. The Morgan fingerprint density at radius 1 is 0.864 bits per heavy atom. The Labute approximate surface area is 131 Å². The van der Waals surface area contributed by atoms with Gasteiger partial charge in [-0.05, 0) is 29.3 Å². The molecule has 2 aromatic rings. The van der Waals surface area contributed by atoms with Crippen LogP contribution in [0.1, 0.15) is 11.1 Å². The van der Waals surface area contributed by atoms with Crippen LogP contribution < -0.4 is 9.47 Å². The number of ether oxygens (including phenoxy) is 3. The molecule has 114 valence electrons. The number of hydrogen-bond acceptors (Lipinski definition) is 3. The molecule has 0 saturated carbocycles. The predicted molar refractivity (Wildman–Crippen MR) is 89.0 cm³/mol. The molecular weight excluding hydrogens is 276 g/mol. The van der Waals surface area contributed by atoms with E-state index >= 15 is 0 Å². The molecule has 0 N–H and O–H groups in total. The van der Waals surface area contributed by atoms with Gasteiger partial charge in [0.1, 0.15) is 18.1 Å². The molecule has 0 saturated heterocycles. The Hall–Kier alpha value is -2.68. The van der Waals surface area contributed by atoms with Gasteiger partial charge in [0, 0.05) is 6.07 Å². The van der Waals surface area contributed by atoms with Crippen molar-refractivity contribution in [2.45, 2.75) is 6.61 Å². The highest BCUT2D eigenvalue weighted by atomic mass is 16.5. The van der Waals surface area contributed by atoms with Crippen molar-refractivity contribution in [2.24, 2.45) is 0 Å². The minimum atomic E-state index is 0.568. The molecule has 2 aromatic carbocycles. The monoisotopic (exact) mass is 296 g/mol. The molecule has 0 aliphatic carbocycles. The van der Waals surface area contributed by atoms with Gasteiger partial charge in [-0.3, -0.25) is 0 Å². The first-order valence-electron chi connectivity index (χ1n) is 7.03. The third kappa shape index (κ3) is 5.02. The third-order valence-electron chi connectivity index (χ3n) is 3.04. The van der Waals surface area contributed by atoms with Gasteiger partial charge in [-0.1, -0.05) is 42.5 Å². The first-order chi connectivity index (χ1) is 10.8. The molecule has 0 aliphatic heterocycles. The van der Waals surface area contributed by atoms with Gasteiger partial charge in [0.25, 0.3) is 0 Å². The van der Waals surface area contributed by atoms with Crippen LogP contribution in [0.15, 0.2) is 66.9 Å². The van der Waals surface area contributed by atoms with Crippen molar-refractivity contribution >= 4 is 6.08 Å². The van der Waals surface area contributed by atoms with Crippen LogP contribution in [0.25, 0.3) is 6.08 Å². The summed E-state index contributed by atoms with van der Waals surface area (Å²) in [4.78, 5) is 0. The highest BCUT2D eigenvalue weighted by molar-refractivity contribution is 5.56. The highest BCUT2D eigenvalue weighted by Gasteiger charge is 1.98. The molecule has 0 aliphatic rings. The smallest absolute Gasteiger partial charge is 0.123 e. The van der Waals surface area contributed by atoms with E-state index in [0.717, 1.165) is 22.6 Å². The second-order valence-corrected chi connectivity index (χ2v) is 4.63. The van der Waals surface area contributed by atoms with Crippen molar-refractivity contribution in [3.63, 3.8) is 0 Å². The third-order valence-corrected chi connectivity index (χ3v) is 3.04. The van der Waals surface area contributed by atoms with E-state index in [9.17, 15) is 0 Å². The van der Waals surface area contributed by atoms with Gasteiger partial charge in [0.15, 0.2) is 0 Å². The van der Waals surface area contributed by atoms with Gasteiger partial charge in [-0.15, -0.1) is 0 Å². The maximum Gasteiger partial charge on any atom is 0.123 e. The summed E-state index contributed by atoms with van der Waals surface area (Å²) in [6.07, 6.45) is 7.42. The number of allylic oxidation sites excluding steroid dienone is 2. The van der Waals surface area contributed by atoms with Crippen molar-refractivity contribution in [1.29, 1.82) is 0 Å². The summed E-state index contributed by atoms with van der Waals surface area (Å²) in [6, 6.07) is 15.8. The second-order valence-electron chi connectivity index (χ2n) is 4.63. The Bertz CT molecular complexity index is 608. The van der Waals surface area contributed by atoms with E-state index in [2.05, 4.69) is 0 Å². The zero-order valence-corrected chi connectivity index (χ0v) is 12.9. The molecule has 0 amide bonds. The van der Waals surface area contributed by atoms with Crippen LogP contribution in [0, 0.1) is 0 Å². The molecule has 0 bridgehead atoms. The summed E-state index contributed by atoms with van der Waals surface area (Å²) in [5.41, 5.74) is 2.15. The average molecular weight is 296 g/mol. The van der Waals surface area contributed by atoms with Crippen LogP contribution >= 0.6 is 0 Å². The summed E-state index contributed by atoms with van der Waals surface area (Å²) in [6.45, 7) is 0.568. The SMILES string of the molecule is COc1cc(C=CC=COCc2ccccc2)cc(OC)c1. The largest absolute Gasteiger partial charge is 0.497 e. The minimum Gasteiger partial charge on any atom is -0.497 e. The summed E-state index contributed by atoms with van der Waals surface area (Å²) >= 11 is 0. The number of methoxy groups -OCH3 is 2. The van der Waals surface area contributed by atoms with E-state index in [1.807, 2.05) is 66.8 Å². The van der Waals surface area contributed by atoms with Crippen LogP contribution in [-0.2, 0) is 11.3 Å². The van der Waals surface area contributed by atoms with E-state index < -0.39 is 0 Å². The number of rotatable bonds is 7. The lowest BCUT2D eigenvalue weighted by Crippen LogP contribution is -1.88. The molecule has 0 radical (unpaired) electrons. The van der Waals surface area contributed by atoms with Crippen LogP contribution in [0.2, 0.25) is 0 Å². The second kappa shape index (κ2) is 8.57. The van der Waals surface area contributed by atoms with Crippen molar-refractivity contribution in [1.82, 2.24) is 0 Å². The van der Waals surface area contributed by atoms with Gasteiger partial charge in [-0.2, -0.15) is 0 Å². The van der Waals surface area contributed by atoms with Crippen molar-refractivity contribution in [2.75, 3.05) is 14.2 Å². The Kier molecular flexibility index (Phi) is 6.12. The lowest BCUT2D eigenvalue weighted by molar-refractivity contribution is 0.236. The first-order valence-corrected chi connectivity index (χ1v) is 7.03. The topological polar surface area (TPSA) is 27.7 Å². The van der Waals surface area contributed by atoms with Crippen LogP contribution in [0.3, 0.4) is 0 Å². The van der Waals surface area contributed by atoms with Crippen LogP contribution in [0.5, 0.6) is 11.5 Å². The van der Waals surface area contributed by atoms with Crippen molar-refractivity contribution < 1.29 is 14.2 Å². The predicted octanol–water partition coefficient (Wildman–Crippen LogP) is 4.45. The van der Waals surface area contributed by atoms with Gasteiger partial charge in [-0.25, -0.2) is 0 Å². The summed E-state index contributed by atoms with van der Waals surface area (Å²) in [5, 5.41) is 0. The van der Waals surface area contributed by atoms with Crippen molar-refractivity contribution in [3.8, 4) is 11.5 Å². The molecule has 22 heavy (non-hydrogen) atoms. The summed E-state index contributed by atoms with van der Waals surface area (Å²) in [5.74, 6) is 1.53. The van der Waals surface area contributed by atoms with Gasteiger partial charge >= 0.3 is 0 Å². The van der Waals surface area contributed by atoms with Gasteiger partial charge < -0.3 is 14.2 Å². The lowest BCUT2D eigenvalue weighted by atomic mass is 10.2. The maximum atomic E-state index is 5.47. The van der Waals surface area contributed by atoms with Gasteiger partial charge in [0.2, 0.25) is 0 Å². The fraction of sp³-hybridized carbons (Fsp3) is 0.158. The Balaban J connectivity index is 1.88. The minimum absolute atomic E-state index is 0.568. The normalized spacial score (nSPS) is 11.0.